The van der Waals surface area contributed by atoms with Crippen molar-refractivity contribution < 1.29 is 15.0 Å². The maximum absolute atomic E-state index is 12.2. The van der Waals surface area contributed by atoms with E-state index in [9.17, 15) is 15.0 Å². The largest absolute Gasteiger partial charge is 0.508 e. The van der Waals surface area contributed by atoms with Crippen LogP contribution < -0.4 is 0 Å². The number of phenols is 2. The molecule has 0 radical (unpaired) electrons. The van der Waals surface area contributed by atoms with Crippen LogP contribution in [0, 0.1) is 6.92 Å². The quantitative estimate of drug-likeness (QED) is 0.542. The zero-order valence-corrected chi connectivity index (χ0v) is 13.6. The Morgan fingerprint density at radius 2 is 1.92 bits per heavy atom. The Kier molecular flexibility index (Phi) is 4.48. The molecule has 3 aromatic rings. The highest BCUT2D eigenvalue weighted by atomic mass is 32.2. The molecule has 1 heterocycles. The third-order valence-electron chi connectivity index (χ3n) is 3.33. The van der Waals surface area contributed by atoms with Gasteiger partial charge in [-0.2, -0.15) is 4.68 Å². The van der Waals surface area contributed by atoms with E-state index in [4.69, 9.17) is 0 Å². The number of aromatic hydroxyl groups is 2. The summed E-state index contributed by atoms with van der Waals surface area (Å²) in [6.45, 7) is 1.99. The van der Waals surface area contributed by atoms with Crippen molar-refractivity contribution in [3.05, 3.63) is 53.6 Å². The lowest BCUT2D eigenvalue weighted by atomic mass is 10.1. The minimum Gasteiger partial charge on any atom is -0.508 e. The zero-order valence-electron chi connectivity index (χ0n) is 12.7. The van der Waals surface area contributed by atoms with Crippen molar-refractivity contribution in [1.29, 1.82) is 0 Å². The second kappa shape index (κ2) is 6.71. The highest BCUT2D eigenvalue weighted by Gasteiger charge is 2.15. The number of nitrogens with zero attached hydrogens (tertiary/aromatic N) is 4. The second-order valence-corrected chi connectivity index (χ2v) is 6.06. The molecular weight excluding hydrogens is 328 g/mol. The molecule has 7 nitrogen and oxygen atoms in total. The molecule has 0 fully saturated rings. The molecule has 0 bridgehead atoms. The van der Waals surface area contributed by atoms with Gasteiger partial charge in [-0.25, -0.2) is 0 Å². The van der Waals surface area contributed by atoms with Crippen LogP contribution in [-0.2, 0) is 0 Å². The summed E-state index contributed by atoms with van der Waals surface area (Å²) in [7, 11) is 0. The van der Waals surface area contributed by atoms with Gasteiger partial charge in [-0.05, 0) is 41.6 Å². The Labute approximate surface area is 141 Å². The molecule has 0 aliphatic rings. The van der Waals surface area contributed by atoms with Crippen molar-refractivity contribution >= 4 is 17.5 Å². The van der Waals surface area contributed by atoms with Gasteiger partial charge < -0.3 is 10.2 Å². The first-order chi connectivity index (χ1) is 11.5. The number of carbonyl (C=O) groups is 1. The molecular formula is C16H14N4O3S. The molecule has 0 spiro atoms. The van der Waals surface area contributed by atoms with Gasteiger partial charge in [-0.15, -0.1) is 5.10 Å². The van der Waals surface area contributed by atoms with E-state index in [2.05, 4.69) is 15.5 Å². The summed E-state index contributed by atoms with van der Waals surface area (Å²) in [6, 6.07) is 11.6. The highest BCUT2D eigenvalue weighted by Crippen LogP contribution is 2.25. The van der Waals surface area contributed by atoms with Gasteiger partial charge in [-0.1, -0.05) is 29.5 Å². The molecule has 122 valence electrons. The Hall–Kier alpha value is -2.87. The Morgan fingerprint density at radius 3 is 2.62 bits per heavy atom. The minimum absolute atomic E-state index is 0.0601. The molecule has 0 aliphatic carbocycles. The van der Waals surface area contributed by atoms with E-state index >= 15 is 0 Å². The number of benzene rings is 2. The van der Waals surface area contributed by atoms with Crippen molar-refractivity contribution in [3.8, 4) is 17.2 Å². The summed E-state index contributed by atoms with van der Waals surface area (Å²) in [5.41, 5.74) is 2.07. The molecule has 0 amide bonds. The van der Waals surface area contributed by atoms with Gasteiger partial charge in [0.25, 0.3) is 0 Å². The fraction of sp³-hybridized carbons (Fsp3) is 0.125. The number of rotatable bonds is 5. The number of Topliss-reactive ketones (excluding diaryl/α,β-unsaturated/α-hetero) is 1. The maximum Gasteiger partial charge on any atom is 0.214 e. The summed E-state index contributed by atoms with van der Waals surface area (Å²) in [5, 5.41) is 31.0. The molecule has 8 heteroatoms. The Bertz CT molecular complexity index is 877. The molecule has 2 N–H and O–H groups in total. The topological polar surface area (TPSA) is 101 Å². The first-order valence-electron chi connectivity index (χ1n) is 7.08. The molecule has 3 rings (SSSR count). The van der Waals surface area contributed by atoms with E-state index < -0.39 is 0 Å². The van der Waals surface area contributed by atoms with E-state index in [0.717, 1.165) is 17.3 Å². The molecule has 0 unspecified atom stereocenters. The van der Waals surface area contributed by atoms with Crippen LogP contribution in [0.4, 0.5) is 0 Å². The number of hydrogen-bond acceptors (Lipinski definition) is 7. The summed E-state index contributed by atoms with van der Waals surface area (Å²) in [4.78, 5) is 12.2. The minimum atomic E-state index is -0.282. The summed E-state index contributed by atoms with van der Waals surface area (Å²) < 4.78 is 1.55. The molecule has 0 atom stereocenters. The number of ketones is 1. The Balaban J connectivity index is 1.75. The molecule has 0 aliphatic heterocycles. The number of aryl methyl sites for hydroxylation is 1. The van der Waals surface area contributed by atoms with Gasteiger partial charge in [0, 0.05) is 6.07 Å². The molecule has 24 heavy (non-hydrogen) atoms. The van der Waals surface area contributed by atoms with E-state index in [0.29, 0.717) is 5.16 Å². The smallest absolute Gasteiger partial charge is 0.214 e. The van der Waals surface area contributed by atoms with Crippen molar-refractivity contribution in [1.82, 2.24) is 20.2 Å². The third-order valence-corrected chi connectivity index (χ3v) is 4.25. The van der Waals surface area contributed by atoms with Gasteiger partial charge in [0.1, 0.15) is 11.5 Å². The fourth-order valence-electron chi connectivity index (χ4n) is 2.08. The van der Waals surface area contributed by atoms with Gasteiger partial charge in [0.15, 0.2) is 5.78 Å². The van der Waals surface area contributed by atoms with Crippen molar-refractivity contribution in [3.63, 3.8) is 0 Å². The number of phenolic OH excluding ortho intramolecular Hbond substituents is 2. The van der Waals surface area contributed by atoms with Gasteiger partial charge >= 0.3 is 0 Å². The number of hydrogen-bond donors (Lipinski definition) is 2. The number of tetrazole rings is 1. The lowest BCUT2D eigenvalue weighted by molar-refractivity contribution is 0.102. The second-order valence-electron chi connectivity index (χ2n) is 5.12. The normalized spacial score (nSPS) is 10.7. The summed E-state index contributed by atoms with van der Waals surface area (Å²) in [6.07, 6.45) is 0. The highest BCUT2D eigenvalue weighted by molar-refractivity contribution is 7.99. The number of aromatic nitrogens is 4. The lowest BCUT2D eigenvalue weighted by Gasteiger charge is -2.06. The van der Waals surface area contributed by atoms with Crippen molar-refractivity contribution in [2.24, 2.45) is 0 Å². The van der Waals surface area contributed by atoms with Crippen LogP contribution >= 0.6 is 11.8 Å². The Morgan fingerprint density at radius 1 is 1.17 bits per heavy atom. The predicted molar refractivity (Wildman–Crippen MR) is 88.7 cm³/mol. The van der Waals surface area contributed by atoms with Gasteiger partial charge in [0.05, 0.1) is 17.0 Å². The van der Waals surface area contributed by atoms with Crippen molar-refractivity contribution in [2.45, 2.75) is 12.1 Å². The zero-order chi connectivity index (χ0) is 17.1. The van der Waals surface area contributed by atoms with Crippen LogP contribution in [0.25, 0.3) is 5.69 Å². The van der Waals surface area contributed by atoms with Gasteiger partial charge in [-0.3, -0.25) is 4.79 Å². The first-order valence-corrected chi connectivity index (χ1v) is 8.06. The van der Waals surface area contributed by atoms with E-state index in [1.165, 1.54) is 23.9 Å². The maximum atomic E-state index is 12.2. The monoisotopic (exact) mass is 342 g/mol. The average molecular weight is 342 g/mol. The van der Waals surface area contributed by atoms with Crippen LogP contribution in [0.3, 0.4) is 0 Å². The third kappa shape index (κ3) is 3.38. The fourth-order valence-corrected chi connectivity index (χ4v) is 2.85. The molecule has 1 aromatic heterocycles. The predicted octanol–water partition coefficient (Wildman–Crippen LogP) is 2.36. The van der Waals surface area contributed by atoms with Crippen LogP contribution in [0.5, 0.6) is 11.5 Å². The van der Waals surface area contributed by atoms with Crippen LogP contribution in [0.2, 0.25) is 0 Å². The van der Waals surface area contributed by atoms with E-state index in [-0.39, 0.29) is 28.6 Å². The number of thioether (sulfide) groups is 1. The molecule has 0 saturated carbocycles. The summed E-state index contributed by atoms with van der Waals surface area (Å²) >= 11 is 1.17. The van der Waals surface area contributed by atoms with Crippen LogP contribution in [0.15, 0.2) is 47.6 Å². The van der Waals surface area contributed by atoms with Crippen molar-refractivity contribution in [2.75, 3.05) is 5.75 Å². The molecule has 0 saturated heterocycles. The average Bonchev–Trinajstić information content (AvgIpc) is 3.02. The van der Waals surface area contributed by atoms with E-state index in [1.807, 2.05) is 31.2 Å². The lowest BCUT2D eigenvalue weighted by Crippen LogP contribution is -2.05. The van der Waals surface area contributed by atoms with Crippen LogP contribution in [-0.4, -0.2) is 42.0 Å². The van der Waals surface area contributed by atoms with Gasteiger partial charge in [0.2, 0.25) is 5.16 Å². The number of carbonyl (C=O) groups excluding carboxylic acids is 1. The standard InChI is InChI=1S/C16H14N4O3S/c1-10-2-4-11(5-3-10)20-16(17-18-19-20)24-9-15(23)13-7-6-12(21)8-14(13)22/h2-8,21-22H,9H2,1H3. The SMILES string of the molecule is Cc1ccc(-n2nnnc2SCC(=O)c2ccc(O)cc2O)cc1. The molecule has 2 aromatic carbocycles. The van der Waals surface area contributed by atoms with Crippen LogP contribution in [0.1, 0.15) is 15.9 Å². The summed E-state index contributed by atoms with van der Waals surface area (Å²) in [5.74, 6) is -0.570. The van der Waals surface area contributed by atoms with E-state index in [1.54, 1.807) is 4.68 Å². The first kappa shape index (κ1) is 16.0.